The van der Waals surface area contributed by atoms with Gasteiger partial charge in [-0.3, -0.25) is 4.79 Å². The van der Waals surface area contributed by atoms with Crippen molar-refractivity contribution in [1.82, 2.24) is 15.1 Å². The molecule has 0 bridgehead atoms. The number of alkyl halides is 3. The van der Waals surface area contributed by atoms with Crippen LogP contribution in [-0.4, -0.2) is 36.4 Å². The first-order valence-corrected chi connectivity index (χ1v) is 11.1. The number of hydrogen-bond acceptors (Lipinski definition) is 4. The molecule has 3 rings (SSSR count). The minimum Gasteiger partial charge on any atom is -0.352 e. The highest BCUT2D eigenvalue weighted by atomic mass is 35.5. The second-order valence-electron chi connectivity index (χ2n) is 6.53. The van der Waals surface area contributed by atoms with Gasteiger partial charge in [-0.05, 0) is 42.8 Å². The van der Waals surface area contributed by atoms with Crippen molar-refractivity contribution in [3.05, 3.63) is 77.1 Å². The molecule has 0 aliphatic rings. The predicted octanol–water partition coefficient (Wildman–Crippen LogP) is 4.14. The van der Waals surface area contributed by atoms with Gasteiger partial charge in [-0.2, -0.15) is 18.3 Å². The normalized spacial score (nSPS) is 12.0. The summed E-state index contributed by atoms with van der Waals surface area (Å²) in [6.07, 6.45) is -3.98. The van der Waals surface area contributed by atoms with Crippen molar-refractivity contribution in [2.24, 2.45) is 0 Å². The lowest BCUT2D eigenvalue weighted by molar-refractivity contribution is -0.143. The van der Waals surface area contributed by atoms with Gasteiger partial charge in [0.2, 0.25) is 0 Å². The molecule has 31 heavy (non-hydrogen) atoms. The number of halogens is 4. The molecular weight excluding hydrogens is 455 g/mol. The van der Waals surface area contributed by atoms with Crippen LogP contribution in [0.3, 0.4) is 0 Å². The van der Waals surface area contributed by atoms with Crippen LogP contribution in [0, 0.1) is 0 Å². The van der Waals surface area contributed by atoms with Gasteiger partial charge < -0.3 is 5.32 Å². The number of nitrogens with one attached hydrogen (secondary N) is 1. The molecule has 11 heteroatoms. The van der Waals surface area contributed by atoms with Gasteiger partial charge in [0, 0.05) is 11.6 Å². The predicted molar refractivity (Wildman–Crippen MR) is 109 cm³/mol. The average molecular weight is 472 g/mol. The zero-order valence-electron chi connectivity index (χ0n) is 15.9. The minimum atomic E-state index is -4.85. The smallest absolute Gasteiger partial charge is 0.352 e. The zero-order valence-corrected chi connectivity index (χ0v) is 17.5. The van der Waals surface area contributed by atoms with Gasteiger partial charge in [0.05, 0.1) is 28.1 Å². The van der Waals surface area contributed by atoms with E-state index in [1.54, 1.807) is 18.2 Å². The first-order valence-electron chi connectivity index (χ1n) is 9.07. The molecule has 1 N–H and O–H groups in total. The second-order valence-corrected chi connectivity index (χ2v) is 9.08. The molecule has 0 unspecified atom stereocenters. The largest absolute Gasteiger partial charge is 0.434 e. The Kier molecular flexibility index (Phi) is 6.71. The van der Waals surface area contributed by atoms with E-state index in [1.807, 2.05) is 0 Å². The Bertz CT molecular complexity index is 1160. The Morgan fingerprint density at radius 3 is 2.32 bits per heavy atom. The molecule has 2 aromatic carbocycles. The molecule has 0 spiro atoms. The van der Waals surface area contributed by atoms with Crippen molar-refractivity contribution in [1.29, 1.82) is 0 Å². The number of rotatable bonds is 7. The number of hydrogen-bond donors (Lipinski definition) is 1. The van der Waals surface area contributed by atoms with E-state index in [4.69, 9.17) is 11.6 Å². The Morgan fingerprint density at radius 1 is 1.06 bits per heavy atom. The minimum absolute atomic E-state index is 0.0373. The van der Waals surface area contributed by atoms with Crippen molar-refractivity contribution in [2.75, 3.05) is 12.3 Å². The van der Waals surface area contributed by atoms with E-state index in [0.717, 1.165) is 6.20 Å². The van der Waals surface area contributed by atoms with Gasteiger partial charge in [-0.1, -0.05) is 29.8 Å². The topological polar surface area (TPSA) is 81.1 Å². The maximum Gasteiger partial charge on any atom is 0.434 e. The van der Waals surface area contributed by atoms with Crippen LogP contribution >= 0.6 is 11.6 Å². The third-order valence-corrected chi connectivity index (χ3v) is 6.40. The number of nitrogens with zero attached hydrogens (tertiary/aromatic N) is 2. The maximum atomic E-state index is 13.7. The molecule has 0 aliphatic heterocycles. The summed E-state index contributed by atoms with van der Waals surface area (Å²) >= 11 is 5.77. The van der Waals surface area contributed by atoms with Crippen molar-refractivity contribution in [2.45, 2.75) is 17.5 Å². The van der Waals surface area contributed by atoms with Gasteiger partial charge >= 0.3 is 6.18 Å². The molecule has 164 valence electrons. The number of carbonyl (C=O) groups is 1. The van der Waals surface area contributed by atoms with Gasteiger partial charge in [0.15, 0.2) is 15.5 Å². The number of amides is 1. The van der Waals surface area contributed by atoms with Crippen molar-refractivity contribution in [3.8, 4) is 5.69 Å². The molecule has 0 aliphatic carbocycles. The van der Waals surface area contributed by atoms with Crippen LogP contribution in [-0.2, 0) is 16.0 Å². The molecule has 0 saturated carbocycles. The van der Waals surface area contributed by atoms with E-state index in [-0.39, 0.29) is 29.3 Å². The van der Waals surface area contributed by atoms with Gasteiger partial charge in [0.1, 0.15) is 0 Å². The van der Waals surface area contributed by atoms with E-state index in [2.05, 4.69) is 10.4 Å². The Morgan fingerprint density at radius 2 is 1.71 bits per heavy atom. The highest BCUT2D eigenvalue weighted by molar-refractivity contribution is 7.91. The second kappa shape index (κ2) is 9.11. The summed E-state index contributed by atoms with van der Waals surface area (Å²) in [7, 11) is -3.55. The van der Waals surface area contributed by atoms with E-state index in [9.17, 15) is 26.4 Å². The van der Waals surface area contributed by atoms with Crippen LogP contribution in [0.4, 0.5) is 13.2 Å². The van der Waals surface area contributed by atoms with E-state index >= 15 is 0 Å². The first kappa shape index (κ1) is 22.8. The van der Waals surface area contributed by atoms with Crippen LogP contribution in [0.25, 0.3) is 5.69 Å². The molecule has 3 aromatic rings. The summed E-state index contributed by atoms with van der Waals surface area (Å²) in [6, 6.07) is 13.3. The van der Waals surface area contributed by atoms with Crippen LogP contribution in [0.15, 0.2) is 65.7 Å². The fourth-order valence-electron chi connectivity index (χ4n) is 2.87. The summed E-state index contributed by atoms with van der Waals surface area (Å²) < 4.78 is 66.0. The lowest BCUT2D eigenvalue weighted by Gasteiger charge is -2.13. The monoisotopic (exact) mass is 471 g/mol. The lowest BCUT2D eigenvalue weighted by atomic mass is 10.2. The number of benzene rings is 2. The standard InChI is InChI=1S/C20H17ClF3N3O3S/c21-14-7-9-15(10-8-14)27-18(20(22,23)24)17(13-26-27)19(28)25-11-4-12-31(29,30)16-5-2-1-3-6-16/h1-3,5-10,13H,4,11-12H2,(H,25,28). The highest BCUT2D eigenvalue weighted by Gasteiger charge is 2.40. The summed E-state index contributed by atoms with van der Waals surface area (Å²) in [5, 5.41) is 6.38. The summed E-state index contributed by atoms with van der Waals surface area (Å²) in [6.45, 7) is -0.117. The quantitative estimate of drug-likeness (QED) is 0.525. The molecule has 1 aromatic heterocycles. The molecule has 1 amide bonds. The van der Waals surface area contributed by atoms with Crippen LogP contribution in [0.2, 0.25) is 5.02 Å². The third-order valence-electron chi connectivity index (χ3n) is 4.33. The zero-order chi connectivity index (χ0) is 22.6. The molecule has 1 heterocycles. The Balaban J connectivity index is 1.71. The number of sulfone groups is 1. The lowest BCUT2D eigenvalue weighted by Crippen LogP contribution is -2.28. The van der Waals surface area contributed by atoms with Gasteiger partial charge in [-0.15, -0.1) is 0 Å². The molecule has 0 saturated heterocycles. The highest BCUT2D eigenvalue weighted by Crippen LogP contribution is 2.33. The van der Waals surface area contributed by atoms with Crippen molar-refractivity contribution in [3.63, 3.8) is 0 Å². The van der Waals surface area contributed by atoms with Crippen LogP contribution in [0.5, 0.6) is 0 Å². The fourth-order valence-corrected chi connectivity index (χ4v) is 4.33. The summed E-state index contributed by atoms with van der Waals surface area (Å²) in [5.41, 5.74) is -1.80. The van der Waals surface area contributed by atoms with E-state index < -0.39 is 33.2 Å². The Hall–Kier alpha value is -2.85. The van der Waals surface area contributed by atoms with Gasteiger partial charge in [-0.25, -0.2) is 13.1 Å². The van der Waals surface area contributed by atoms with Crippen LogP contribution < -0.4 is 5.32 Å². The Labute approximate surface area is 181 Å². The maximum absolute atomic E-state index is 13.7. The molecule has 0 atom stereocenters. The molecule has 0 radical (unpaired) electrons. The molecule has 0 fully saturated rings. The van der Waals surface area contributed by atoms with Crippen molar-refractivity contribution < 1.29 is 26.4 Å². The SMILES string of the molecule is O=C(NCCCS(=O)(=O)c1ccccc1)c1cnn(-c2ccc(Cl)cc2)c1C(F)(F)F. The number of aromatic nitrogens is 2. The summed E-state index contributed by atoms with van der Waals surface area (Å²) in [5.74, 6) is -1.25. The average Bonchev–Trinajstić information content (AvgIpc) is 3.18. The number of carbonyl (C=O) groups excluding carboxylic acids is 1. The molecular formula is C20H17ClF3N3O3S. The van der Waals surface area contributed by atoms with Gasteiger partial charge in [0.25, 0.3) is 5.91 Å². The van der Waals surface area contributed by atoms with E-state index in [0.29, 0.717) is 9.70 Å². The van der Waals surface area contributed by atoms with Crippen LogP contribution in [0.1, 0.15) is 22.5 Å². The first-order chi connectivity index (χ1) is 14.6. The van der Waals surface area contributed by atoms with Crippen molar-refractivity contribution >= 4 is 27.3 Å². The van der Waals surface area contributed by atoms with E-state index in [1.165, 1.54) is 36.4 Å². The summed E-state index contributed by atoms with van der Waals surface area (Å²) in [4.78, 5) is 12.5. The molecule has 6 nitrogen and oxygen atoms in total. The third kappa shape index (κ3) is 5.45. The fraction of sp³-hybridized carbons (Fsp3) is 0.200.